The van der Waals surface area contributed by atoms with Crippen molar-refractivity contribution in [3.63, 3.8) is 0 Å². The van der Waals surface area contributed by atoms with Gasteiger partial charge in [-0.25, -0.2) is 3.46 Å². The van der Waals surface area contributed by atoms with E-state index in [4.69, 9.17) is 0 Å². The van der Waals surface area contributed by atoms with E-state index in [2.05, 4.69) is 32.6 Å². The molecule has 0 aliphatic heterocycles. The molecule has 0 unspecified atom stereocenters. The second-order valence-corrected chi connectivity index (χ2v) is 6.18. The van der Waals surface area contributed by atoms with Crippen LogP contribution in [0.1, 0.15) is 71.1 Å². The number of quaternary nitrogens is 1. The molecule has 0 saturated heterocycles. The second-order valence-electron chi connectivity index (χ2n) is 4.57. The molecule has 0 aliphatic rings. The van der Waals surface area contributed by atoms with E-state index in [0.717, 1.165) is 12.8 Å². The van der Waals surface area contributed by atoms with E-state index in [1.165, 1.54) is 51.4 Å². The van der Waals surface area contributed by atoms with Gasteiger partial charge in [-0.15, -0.1) is 0 Å². The number of hydroxylamine groups is 1. The van der Waals surface area contributed by atoms with Crippen molar-refractivity contribution in [2.45, 2.75) is 71.1 Å². The van der Waals surface area contributed by atoms with Gasteiger partial charge in [0, 0.05) is 0 Å². The zero-order valence-corrected chi connectivity index (χ0v) is 12.3. The lowest BCUT2D eigenvalue weighted by Gasteiger charge is -2.27. The summed E-state index contributed by atoms with van der Waals surface area (Å²) in [6.07, 6.45) is 12.8. The van der Waals surface area contributed by atoms with Crippen LogP contribution in [-0.2, 0) is 0 Å². The van der Waals surface area contributed by atoms with E-state index >= 15 is 0 Å². The Morgan fingerprint density at radius 3 is 1.50 bits per heavy atom. The van der Waals surface area contributed by atoms with Crippen molar-refractivity contribution in [2.75, 3.05) is 6.54 Å². The molecule has 0 atom stereocenters. The first-order valence-corrected chi connectivity index (χ1v) is 7.41. The lowest BCUT2D eigenvalue weighted by Crippen LogP contribution is -2.19. The Bertz CT molecular complexity index is 148. The summed E-state index contributed by atoms with van der Waals surface area (Å²) < 4.78 is -0.739. The third-order valence-corrected chi connectivity index (χ3v) is 3.20. The smallest absolute Gasteiger partial charge is 0.0994 e. The zero-order chi connectivity index (χ0) is 12.3. The predicted octanol–water partition coefficient (Wildman–Crippen LogP) is 4.91. The minimum absolute atomic E-state index is 0.503. The van der Waals surface area contributed by atoms with Crippen LogP contribution in [0.15, 0.2) is 0 Å². The molecule has 0 bridgehead atoms. The van der Waals surface area contributed by atoms with Gasteiger partial charge in [0.1, 0.15) is 0 Å². The van der Waals surface area contributed by atoms with Crippen LogP contribution in [0, 0.1) is 5.21 Å². The van der Waals surface area contributed by atoms with E-state index < -0.39 is 3.46 Å². The molecule has 0 rings (SSSR count). The molecule has 0 aliphatic carbocycles. The Hall–Kier alpha value is 0.620. The summed E-state index contributed by atoms with van der Waals surface area (Å²) in [7, 11) is 0. The van der Waals surface area contributed by atoms with Crippen molar-refractivity contribution in [1.82, 2.24) is 0 Å². The molecule has 0 amide bonds. The van der Waals surface area contributed by atoms with Gasteiger partial charge >= 0.3 is 0 Å². The molecule has 0 N–H and O–H groups in total. The SMILES string of the molecule is CCCCCCCCCCCC[N+]([O-])(S)S. The van der Waals surface area contributed by atoms with E-state index in [9.17, 15) is 5.21 Å². The summed E-state index contributed by atoms with van der Waals surface area (Å²) in [4.78, 5) is 0. The number of thiol groups is 2. The fourth-order valence-electron chi connectivity index (χ4n) is 1.81. The minimum atomic E-state index is -0.739. The topological polar surface area (TPSA) is 23.1 Å². The summed E-state index contributed by atoms with van der Waals surface area (Å²) in [5.74, 6) is 0. The highest BCUT2D eigenvalue weighted by Gasteiger charge is 2.04. The first-order chi connectivity index (χ1) is 7.56. The number of unbranched alkanes of at least 4 members (excludes halogenated alkanes) is 9. The van der Waals surface area contributed by atoms with Crippen LogP contribution in [0.3, 0.4) is 0 Å². The van der Waals surface area contributed by atoms with Crippen LogP contribution < -0.4 is 0 Å². The van der Waals surface area contributed by atoms with Crippen LogP contribution >= 0.6 is 25.6 Å². The molecule has 16 heavy (non-hydrogen) atoms. The van der Waals surface area contributed by atoms with Gasteiger partial charge in [-0.05, 0) is 12.8 Å². The van der Waals surface area contributed by atoms with E-state index in [1.807, 2.05) is 0 Å². The third kappa shape index (κ3) is 14.6. The maximum Gasteiger partial charge on any atom is 0.0994 e. The van der Waals surface area contributed by atoms with Gasteiger partial charge in [-0.2, -0.15) is 0 Å². The highest BCUT2D eigenvalue weighted by atomic mass is 32.2. The third-order valence-electron chi connectivity index (χ3n) is 2.80. The van der Waals surface area contributed by atoms with Gasteiger partial charge < -0.3 is 5.21 Å². The number of rotatable bonds is 11. The number of nitrogens with zero attached hydrogens (tertiary/aromatic N) is 1. The van der Waals surface area contributed by atoms with Crippen LogP contribution in [0.2, 0.25) is 0 Å². The molecular formula is C12H27NOS2. The number of hydrogen-bond donors (Lipinski definition) is 2. The van der Waals surface area contributed by atoms with Gasteiger partial charge in [0.05, 0.1) is 32.2 Å². The zero-order valence-electron chi connectivity index (χ0n) is 10.5. The fraction of sp³-hybridized carbons (Fsp3) is 1.00. The van der Waals surface area contributed by atoms with Gasteiger partial charge in [-0.3, -0.25) is 0 Å². The average molecular weight is 265 g/mol. The van der Waals surface area contributed by atoms with Crippen LogP contribution in [0.5, 0.6) is 0 Å². The van der Waals surface area contributed by atoms with Gasteiger partial charge in [0.2, 0.25) is 0 Å². The first kappa shape index (κ1) is 16.6. The van der Waals surface area contributed by atoms with Gasteiger partial charge in [0.25, 0.3) is 0 Å². The molecule has 2 nitrogen and oxygen atoms in total. The van der Waals surface area contributed by atoms with Crippen molar-refractivity contribution in [1.29, 1.82) is 0 Å². The lowest BCUT2D eigenvalue weighted by atomic mass is 10.1. The Morgan fingerprint density at radius 2 is 1.12 bits per heavy atom. The Balaban J connectivity index is 2.99. The van der Waals surface area contributed by atoms with Crippen LogP contribution in [-0.4, -0.2) is 10.0 Å². The van der Waals surface area contributed by atoms with Crippen molar-refractivity contribution < 1.29 is 3.46 Å². The second kappa shape index (κ2) is 10.8. The summed E-state index contributed by atoms with van der Waals surface area (Å²) in [5.41, 5.74) is 0. The molecule has 0 heterocycles. The molecule has 4 heteroatoms. The molecule has 0 saturated carbocycles. The normalized spacial score (nSPS) is 12.0. The van der Waals surface area contributed by atoms with E-state index in [-0.39, 0.29) is 0 Å². The lowest BCUT2D eigenvalue weighted by molar-refractivity contribution is -0.575. The number of hydrogen-bond acceptors (Lipinski definition) is 3. The summed E-state index contributed by atoms with van der Waals surface area (Å²) >= 11 is 7.58. The Morgan fingerprint density at radius 1 is 0.750 bits per heavy atom. The molecule has 0 fully saturated rings. The largest absolute Gasteiger partial charge is 0.608 e. The summed E-state index contributed by atoms with van der Waals surface area (Å²) in [6, 6.07) is 0. The highest BCUT2D eigenvalue weighted by molar-refractivity contribution is 7.87. The molecule has 0 aromatic rings. The van der Waals surface area contributed by atoms with Crippen molar-refractivity contribution in [3.05, 3.63) is 5.21 Å². The summed E-state index contributed by atoms with van der Waals surface area (Å²) in [6.45, 7) is 2.75. The standard InChI is InChI=1S/C12H27NOS2/c1-2-3-4-5-6-7-8-9-10-11-12-13(14,15)16/h15-16H,2-12H2,1H3. The highest BCUT2D eigenvalue weighted by Crippen LogP contribution is 2.16. The maximum absolute atomic E-state index is 11.0. The van der Waals surface area contributed by atoms with Gasteiger partial charge in [0.15, 0.2) is 0 Å². The first-order valence-electron chi connectivity index (χ1n) is 6.61. The van der Waals surface area contributed by atoms with Crippen molar-refractivity contribution in [2.24, 2.45) is 0 Å². The van der Waals surface area contributed by atoms with Crippen molar-refractivity contribution >= 4 is 25.6 Å². The molecule has 0 aromatic heterocycles. The molecule has 98 valence electrons. The predicted molar refractivity (Wildman–Crippen MR) is 78.3 cm³/mol. The molecule has 0 aromatic carbocycles. The monoisotopic (exact) mass is 265 g/mol. The van der Waals surface area contributed by atoms with Crippen molar-refractivity contribution in [3.8, 4) is 0 Å². The van der Waals surface area contributed by atoms with E-state index in [0.29, 0.717) is 6.54 Å². The van der Waals surface area contributed by atoms with Crippen LogP contribution in [0.25, 0.3) is 0 Å². The van der Waals surface area contributed by atoms with Crippen LogP contribution in [0.4, 0.5) is 0 Å². The minimum Gasteiger partial charge on any atom is -0.608 e. The Labute approximate surface area is 112 Å². The van der Waals surface area contributed by atoms with Gasteiger partial charge in [-0.1, -0.05) is 58.3 Å². The maximum atomic E-state index is 11.0. The van der Waals surface area contributed by atoms with E-state index in [1.54, 1.807) is 0 Å². The average Bonchev–Trinajstić information content (AvgIpc) is 2.19. The summed E-state index contributed by atoms with van der Waals surface area (Å²) in [5, 5.41) is 11.0. The fourth-order valence-corrected chi connectivity index (χ4v) is 2.09. The molecular weight excluding hydrogens is 238 g/mol. The molecule has 0 spiro atoms. The molecule has 0 radical (unpaired) electrons. The quantitative estimate of drug-likeness (QED) is 0.236. The Kier molecular flexibility index (Phi) is 11.2.